The van der Waals surface area contributed by atoms with Crippen LogP contribution in [-0.2, 0) is 18.3 Å². The Morgan fingerprint density at radius 1 is 1.33 bits per heavy atom. The van der Waals surface area contributed by atoms with E-state index in [1.165, 1.54) is 0 Å². The first-order valence-electron chi connectivity index (χ1n) is 7.90. The van der Waals surface area contributed by atoms with Crippen molar-refractivity contribution in [1.29, 1.82) is 0 Å². The van der Waals surface area contributed by atoms with Gasteiger partial charge in [-0.25, -0.2) is 9.67 Å². The molecule has 0 bridgehead atoms. The van der Waals surface area contributed by atoms with Crippen LogP contribution in [0.4, 0.5) is 0 Å². The van der Waals surface area contributed by atoms with Crippen molar-refractivity contribution in [1.82, 2.24) is 24.6 Å². The van der Waals surface area contributed by atoms with E-state index in [1.54, 1.807) is 17.1 Å². The van der Waals surface area contributed by atoms with Crippen LogP contribution in [0.2, 0.25) is 0 Å². The zero-order valence-corrected chi connectivity index (χ0v) is 14.1. The SMILES string of the molecule is Cc1c(C(C)NC(=O)Cc2ccn(C)c2)cnn1-c1ccccn1. The maximum Gasteiger partial charge on any atom is 0.224 e. The number of pyridine rings is 1. The van der Waals surface area contributed by atoms with Gasteiger partial charge in [-0.1, -0.05) is 6.07 Å². The normalized spacial score (nSPS) is 12.1. The first-order chi connectivity index (χ1) is 11.5. The van der Waals surface area contributed by atoms with Crippen LogP contribution in [0.1, 0.15) is 29.8 Å². The molecule has 124 valence electrons. The molecule has 3 aromatic heterocycles. The smallest absolute Gasteiger partial charge is 0.224 e. The van der Waals surface area contributed by atoms with Gasteiger partial charge in [0.2, 0.25) is 5.91 Å². The van der Waals surface area contributed by atoms with E-state index in [-0.39, 0.29) is 11.9 Å². The number of carbonyl (C=O) groups is 1. The zero-order chi connectivity index (χ0) is 17.1. The van der Waals surface area contributed by atoms with Crippen LogP contribution in [0.5, 0.6) is 0 Å². The molecule has 0 saturated carbocycles. The molecule has 0 aliphatic heterocycles. The predicted octanol–water partition coefficient (Wildman–Crippen LogP) is 2.33. The van der Waals surface area contributed by atoms with Gasteiger partial charge in [-0.05, 0) is 37.6 Å². The van der Waals surface area contributed by atoms with E-state index in [0.717, 1.165) is 22.6 Å². The topological polar surface area (TPSA) is 64.7 Å². The van der Waals surface area contributed by atoms with E-state index in [9.17, 15) is 4.79 Å². The molecule has 3 aromatic rings. The standard InChI is InChI=1S/C18H21N5O/c1-13(21-18(24)10-15-7-9-22(3)12-15)16-11-20-23(14(16)2)17-6-4-5-8-19-17/h4-9,11-13H,10H2,1-3H3,(H,21,24). The summed E-state index contributed by atoms with van der Waals surface area (Å²) >= 11 is 0. The summed E-state index contributed by atoms with van der Waals surface area (Å²) in [7, 11) is 1.94. The Balaban J connectivity index is 1.70. The summed E-state index contributed by atoms with van der Waals surface area (Å²) in [6.07, 6.45) is 7.79. The van der Waals surface area contributed by atoms with Crippen LogP contribution in [0, 0.1) is 6.92 Å². The van der Waals surface area contributed by atoms with E-state index in [1.807, 2.05) is 62.1 Å². The number of amides is 1. The number of aromatic nitrogens is 4. The Kier molecular flexibility index (Phi) is 4.46. The first-order valence-corrected chi connectivity index (χ1v) is 7.90. The molecule has 0 fully saturated rings. The average Bonchev–Trinajstić information content (AvgIpc) is 3.13. The maximum atomic E-state index is 12.2. The van der Waals surface area contributed by atoms with Gasteiger partial charge in [0, 0.05) is 36.9 Å². The van der Waals surface area contributed by atoms with Crippen LogP contribution in [0.25, 0.3) is 5.82 Å². The van der Waals surface area contributed by atoms with Gasteiger partial charge >= 0.3 is 0 Å². The van der Waals surface area contributed by atoms with Gasteiger partial charge in [0.1, 0.15) is 0 Å². The van der Waals surface area contributed by atoms with Crippen molar-refractivity contribution in [3.63, 3.8) is 0 Å². The summed E-state index contributed by atoms with van der Waals surface area (Å²) in [4.78, 5) is 16.5. The molecule has 6 nitrogen and oxygen atoms in total. The number of hydrogen-bond donors (Lipinski definition) is 1. The Labute approximate surface area is 141 Å². The van der Waals surface area contributed by atoms with E-state index < -0.39 is 0 Å². The number of nitrogens with zero attached hydrogens (tertiary/aromatic N) is 4. The molecule has 1 atom stereocenters. The molecule has 3 heterocycles. The minimum atomic E-state index is -0.112. The Hall–Kier alpha value is -2.89. The minimum Gasteiger partial charge on any atom is -0.357 e. The van der Waals surface area contributed by atoms with Gasteiger partial charge in [0.15, 0.2) is 5.82 Å². The fraction of sp³-hybridized carbons (Fsp3) is 0.278. The van der Waals surface area contributed by atoms with Crippen molar-refractivity contribution >= 4 is 5.91 Å². The van der Waals surface area contributed by atoms with E-state index in [0.29, 0.717) is 6.42 Å². The zero-order valence-electron chi connectivity index (χ0n) is 14.1. The molecule has 6 heteroatoms. The average molecular weight is 323 g/mol. The van der Waals surface area contributed by atoms with Crippen LogP contribution >= 0.6 is 0 Å². The fourth-order valence-electron chi connectivity index (χ4n) is 2.78. The summed E-state index contributed by atoms with van der Waals surface area (Å²) in [5, 5.41) is 7.44. The third-order valence-corrected chi connectivity index (χ3v) is 4.02. The highest BCUT2D eigenvalue weighted by Crippen LogP contribution is 2.19. The molecule has 0 saturated heterocycles. The van der Waals surface area contributed by atoms with Gasteiger partial charge in [0.25, 0.3) is 0 Å². The van der Waals surface area contributed by atoms with Crippen molar-refractivity contribution in [2.24, 2.45) is 7.05 Å². The molecule has 1 amide bonds. The van der Waals surface area contributed by atoms with Gasteiger partial charge in [-0.2, -0.15) is 5.10 Å². The van der Waals surface area contributed by atoms with Crippen LogP contribution in [0.3, 0.4) is 0 Å². The Morgan fingerprint density at radius 2 is 2.17 bits per heavy atom. The van der Waals surface area contributed by atoms with Crippen LogP contribution in [-0.4, -0.2) is 25.2 Å². The monoisotopic (exact) mass is 323 g/mol. The Morgan fingerprint density at radius 3 is 2.83 bits per heavy atom. The molecule has 0 spiro atoms. The molecule has 0 aliphatic carbocycles. The molecule has 0 aromatic carbocycles. The summed E-state index contributed by atoms with van der Waals surface area (Å²) in [6, 6.07) is 7.54. The first kappa shape index (κ1) is 16.0. The van der Waals surface area contributed by atoms with Gasteiger partial charge < -0.3 is 9.88 Å². The lowest BCUT2D eigenvalue weighted by molar-refractivity contribution is -0.121. The lowest BCUT2D eigenvalue weighted by atomic mass is 10.1. The van der Waals surface area contributed by atoms with Crippen molar-refractivity contribution in [2.45, 2.75) is 26.3 Å². The predicted molar refractivity (Wildman–Crippen MR) is 91.8 cm³/mol. The second kappa shape index (κ2) is 6.70. The maximum absolute atomic E-state index is 12.2. The van der Waals surface area contributed by atoms with Gasteiger partial charge in [-0.15, -0.1) is 0 Å². The number of hydrogen-bond acceptors (Lipinski definition) is 3. The van der Waals surface area contributed by atoms with Crippen molar-refractivity contribution in [3.8, 4) is 5.82 Å². The van der Waals surface area contributed by atoms with Crippen LogP contribution < -0.4 is 5.32 Å². The van der Waals surface area contributed by atoms with Crippen molar-refractivity contribution < 1.29 is 4.79 Å². The summed E-state index contributed by atoms with van der Waals surface area (Å²) in [5.41, 5.74) is 2.96. The third-order valence-electron chi connectivity index (χ3n) is 4.02. The molecular formula is C18H21N5O. The number of aryl methyl sites for hydroxylation is 1. The lowest BCUT2D eigenvalue weighted by Crippen LogP contribution is -2.28. The summed E-state index contributed by atoms with van der Waals surface area (Å²) < 4.78 is 3.72. The molecule has 3 rings (SSSR count). The highest BCUT2D eigenvalue weighted by Gasteiger charge is 2.17. The minimum absolute atomic E-state index is 0.00122. The molecule has 0 radical (unpaired) electrons. The molecule has 1 N–H and O–H groups in total. The van der Waals surface area contributed by atoms with E-state index >= 15 is 0 Å². The van der Waals surface area contributed by atoms with Crippen molar-refractivity contribution in [2.75, 3.05) is 0 Å². The largest absolute Gasteiger partial charge is 0.357 e. The molecule has 1 unspecified atom stereocenters. The van der Waals surface area contributed by atoms with E-state index in [4.69, 9.17) is 0 Å². The fourth-order valence-corrected chi connectivity index (χ4v) is 2.78. The lowest BCUT2D eigenvalue weighted by Gasteiger charge is -2.14. The van der Waals surface area contributed by atoms with Crippen molar-refractivity contribution in [3.05, 3.63) is 65.9 Å². The highest BCUT2D eigenvalue weighted by molar-refractivity contribution is 5.79. The van der Waals surface area contributed by atoms with Crippen LogP contribution in [0.15, 0.2) is 49.1 Å². The Bertz CT molecular complexity index is 834. The second-order valence-corrected chi connectivity index (χ2v) is 5.94. The number of carbonyl (C=O) groups excluding carboxylic acids is 1. The number of nitrogens with one attached hydrogen (secondary N) is 1. The molecule has 0 aliphatic rings. The third kappa shape index (κ3) is 3.37. The highest BCUT2D eigenvalue weighted by atomic mass is 16.1. The molecule has 24 heavy (non-hydrogen) atoms. The van der Waals surface area contributed by atoms with Gasteiger partial charge in [0.05, 0.1) is 18.7 Å². The van der Waals surface area contributed by atoms with Gasteiger partial charge in [-0.3, -0.25) is 4.79 Å². The quantitative estimate of drug-likeness (QED) is 0.784. The second-order valence-electron chi connectivity index (χ2n) is 5.94. The summed E-state index contributed by atoms with van der Waals surface area (Å²) in [5.74, 6) is 0.766. The summed E-state index contributed by atoms with van der Waals surface area (Å²) in [6.45, 7) is 3.95. The van der Waals surface area contributed by atoms with E-state index in [2.05, 4.69) is 15.4 Å². The molecular weight excluding hydrogens is 302 g/mol. The number of rotatable bonds is 5.